The lowest BCUT2D eigenvalue weighted by molar-refractivity contribution is 0.0491. The molecule has 1 rings (SSSR count). The summed E-state index contributed by atoms with van der Waals surface area (Å²) in [7, 11) is 0. The summed E-state index contributed by atoms with van der Waals surface area (Å²) in [6.45, 7) is 7.40. The van der Waals surface area contributed by atoms with E-state index in [-0.39, 0.29) is 12.6 Å². The van der Waals surface area contributed by atoms with Crippen LogP contribution in [0.1, 0.15) is 31.9 Å². The van der Waals surface area contributed by atoms with Gasteiger partial charge in [0, 0.05) is 11.5 Å². The van der Waals surface area contributed by atoms with Crippen molar-refractivity contribution in [2.75, 3.05) is 12.4 Å². The number of hydrogen-bond donors (Lipinski definition) is 2. The molecule has 0 aromatic heterocycles. The van der Waals surface area contributed by atoms with Crippen molar-refractivity contribution >= 4 is 17.9 Å². The highest BCUT2D eigenvalue weighted by atomic mass is 32.2. The summed E-state index contributed by atoms with van der Waals surface area (Å²) in [5, 5.41) is 12.0. The van der Waals surface area contributed by atoms with Crippen LogP contribution in [0.25, 0.3) is 0 Å². The summed E-state index contributed by atoms with van der Waals surface area (Å²) >= 11 is 1.67. The van der Waals surface area contributed by atoms with Crippen molar-refractivity contribution in [2.45, 2.75) is 45.1 Å². The number of carbonyl (C=O) groups is 1. The quantitative estimate of drug-likeness (QED) is 0.847. The first-order chi connectivity index (χ1) is 9.80. The fraction of sp³-hybridized carbons (Fsp3) is 0.562. The van der Waals surface area contributed by atoms with Gasteiger partial charge in [-0.25, -0.2) is 4.79 Å². The van der Waals surface area contributed by atoms with E-state index in [0.717, 1.165) is 5.75 Å². The first-order valence-corrected chi connectivity index (χ1v) is 8.19. The van der Waals surface area contributed by atoms with E-state index in [9.17, 15) is 9.90 Å². The highest BCUT2D eigenvalue weighted by molar-refractivity contribution is 7.98. The lowest BCUT2D eigenvalue weighted by Crippen LogP contribution is -2.42. The average molecular weight is 311 g/mol. The van der Waals surface area contributed by atoms with Crippen LogP contribution < -0.4 is 5.32 Å². The molecule has 1 unspecified atom stereocenters. The highest BCUT2D eigenvalue weighted by Crippen LogP contribution is 2.14. The number of aliphatic hydroxyl groups is 1. The number of thioether (sulfide) groups is 1. The maximum Gasteiger partial charge on any atom is 0.407 e. The van der Waals surface area contributed by atoms with E-state index in [4.69, 9.17) is 4.74 Å². The number of rotatable bonds is 6. The second kappa shape index (κ2) is 8.29. The number of aryl methyl sites for hydroxylation is 1. The minimum Gasteiger partial charge on any atom is -0.444 e. The average Bonchev–Trinajstić information content (AvgIpc) is 2.37. The van der Waals surface area contributed by atoms with Crippen molar-refractivity contribution in [3.8, 4) is 0 Å². The number of alkyl carbamates (subject to hydrolysis) is 1. The third-order valence-electron chi connectivity index (χ3n) is 2.65. The van der Waals surface area contributed by atoms with Crippen LogP contribution in [0, 0.1) is 6.92 Å². The number of benzene rings is 1. The molecule has 0 aliphatic rings. The molecule has 1 atom stereocenters. The van der Waals surface area contributed by atoms with Gasteiger partial charge in [-0.1, -0.05) is 29.8 Å². The van der Waals surface area contributed by atoms with E-state index in [1.165, 1.54) is 11.1 Å². The van der Waals surface area contributed by atoms with E-state index in [2.05, 4.69) is 36.5 Å². The van der Waals surface area contributed by atoms with Gasteiger partial charge in [0.1, 0.15) is 5.60 Å². The van der Waals surface area contributed by atoms with Crippen LogP contribution in [0.3, 0.4) is 0 Å². The summed E-state index contributed by atoms with van der Waals surface area (Å²) in [6.07, 6.45) is -0.488. The van der Waals surface area contributed by atoms with Crippen molar-refractivity contribution < 1.29 is 14.6 Å². The molecule has 0 radical (unpaired) electrons. The Hall–Kier alpha value is -1.20. The second-order valence-electron chi connectivity index (χ2n) is 6.03. The molecule has 118 valence electrons. The van der Waals surface area contributed by atoms with E-state index < -0.39 is 11.7 Å². The number of nitrogens with one attached hydrogen (secondary N) is 1. The molecular formula is C16H25NO3S. The minimum atomic E-state index is -0.529. The topological polar surface area (TPSA) is 58.6 Å². The third-order valence-corrected chi connectivity index (χ3v) is 3.83. The number of aliphatic hydroxyl groups excluding tert-OH is 1. The molecule has 1 aromatic rings. The Morgan fingerprint density at radius 2 is 1.95 bits per heavy atom. The zero-order valence-corrected chi connectivity index (χ0v) is 14.0. The summed E-state index contributed by atoms with van der Waals surface area (Å²) in [5.74, 6) is 1.50. The van der Waals surface area contributed by atoms with Gasteiger partial charge in [0.2, 0.25) is 0 Å². The van der Waals surface area contributed by atoms with Crippen LogP contribution in [0.4, 0.5) is 4.79 Å². The molecule has 5 heteroatoms. The third kappa shape index (κ3) is 7.97. The van der Waals surface area contributed by atoms with Crippen molar-refractivity contribution in [1.82, 2.24) is 5.32 Å². The van der Waals surface area contributed by atoms with Crippen LogP contribution in [0.15, 0.2) is 24.3 Å². The van der Waals surface area contributed by atoms with Gasteiger partial charge >= 0.3 is 6.09 Å². The van der Waals surface area contributed by atoms with Gasteiger partial charge in [-0.3, -0.25) is 0 Å². The lowest BCUT2D eigenvalue weighted by atomic mass is 10.2. The molecule has 21 heavy (non-hydrogen) atoms. The molecule has 0 bridgehead atoms. The fourth-order valence-electron chi connectivity index (χ4n) is 1.62. The van der Waals surface area contributed by atoms with Crippen LogP contribution >= 0.6 is 11.8 Å². The van der Waals surface area contributed by atoms with Gasteiger partial charge < -0.3 is 15.2 Å². The molecule has 0 fully saturated rings. The van der Waals surface area contributed by atoms with Crippen LogP contribution in [0.5, 0.6) is 0 Å². The fourth-order valence-corrected chi connectivity index (χ4v) is 2.64. The SMILES string of the molecule is Cc1ccc(CSCC(CO)NC(=O)OC(C)(C)C)cc1. The van der Waals surface area contributed by atoms with Crippen LogP contribution in [0.2, 0.25) is 0 Å². The Balaban J connectivity index is 2.34. The Bertz CT molecular complexity index is 440. The van der Waals surface area contributed by atoms with Crippen molar-refractivity contribution in [1.29, 1.82) is 0 Å². The van der Waals surface area contributed by atoms with Gasteiger partial charge in [-0.05, 0) is 33.3 Å². The Morgan fingerprint density at radius 1 is 1.33 bits per heavy atom. The molecule has 1 amide bonds. The zero-order valence-electron chi connectivity index (χ0n) is 13.2. The Kier molecular flexibility index (Phi) is 7.05. The van der Waals surface area contributed by atoms with Gasteiger partial charge in [0.25, 0.3) is 0 Å². The van der Waals surface area contributed by atoms with Crippen molar-refractivity contribution in [2.24, 2.45) is 0 Å². The molecule has 4 nitrogen and oxygen atoms in total. The first-order valence-electron chi connectivity index (χ1n) is 7.04. The van der Waals surface area contributed by atoms with Crippen molar-refractivity contribution in [3.63, 3.8) is 0 Å². The van der Waals surface area contributed by atoms with E-state index in [1.807, 2.05) is 20.8 Å². The Morgan fingerprint density at radius 3 is 2.48 bits per heavy atom. The smallest absolute Gasteiger partial charge is 0.407 e. The van der Waals surface area contributed by atoms with Crippen LogP contribution in [-0.2, 0) is 10.5 Å². The van der Waals surface area contributed by atoms with Crippen LogP contribution in [-0.4, -0.2) is 35.2 Å². The molecule has 0 aliphatic heterocycles. The van der Waals surface area contributed by atoms with Gasteiger partial charge in [0.05, 0.1) is 12.6 Å². The number of carbonyl (C=O) groups excluding carboxylic acids is 1. The molecular weight excluding hydrogens is 286 g/mol. The number of ether oxygens (including phenoxy) is 1. The summed E-state index contributed by atoms with van der Waals surface area (Å²) < 4.78 is 5.18. The molecule has 0 saturated carbocycles. The van der Waals surface area contributed by atoms with E-state index in [1.54, 1.807) is 11.8 Å². The number of hydrogen-bond acceptors (Lipinski definition) is 4. The maximum absolute atomic E-state index is 11.6. The molecule has 1 aromatic carbocycles. The molecule has 0 heterocycles. The Labute approximate surface area is 131 Å². The van der Waals surface area contributed by atoms with Crippen molar-refractivity contribution in [3.05, 3.63) is 35.4 Å². The maximum atomic E-state index is 11.6. The highest BCUT2D eigenvalue weighted by Gasteiger charge is 2.19. The number of amides is 1. The molecule has 2 N–H and O–H groups in total. The predicted octanol–water partition coefficient (Wildman–Crippen LogP) is 3.11. The summed E-state index contributed by atoms with van der Waals surface area (Å²) in [5.41, 5.74) is 1.95. The second-order valence-corrected chi connectivity index (χ2v) is 7.06. The predicted molar refractivity (Wildman–Crippen MR) is 87.6 cm³/mol. The van der Waals surface area contributed by atoms with Gasteiger partial charge in [0.15, 0.2) is 0 Å². The molecule has 0 saturated heterocycles. The molecule has 0 aliphatic carbocycles. The minimum absolute atomic E-state index is 0.0971. The lowest BCUT2D eigenvalue weighted by Gasteiger charge is -2.22. The normalized spacial score (nSPS) is 12.8. The summed E-state index contributed by atoms with van der Waals surface area (Å²) in [6, 6.07) is 8.06. The summed E-state index contributed by atoms with van der Waals surface area (Å²) in [4.78, 5) is 11.6. The van der Waals surface area contributed by atoms with Gasteiger partial charge in [-0.2, -0.15) is 11.8 Å². The monoisotopic (exact) mass is 311 g/mol. The largest absolute Gasteiger partial charge is 0.444 e. The van der Waals surface area contributed by atoms with E-state index >= 15 is 0 Å². The molecule has 0 spiro atoms. The van der Waals surface area contributed by atoms with Gasteiger partial charge in [-0.15, -0.1) is 0 Å². The zero-order chi connectivity index (χ0) is 15.9. The standard InChI is InChI=1S/C16H25NO3S/c1-12-5-7-13(8-6-12)10-21-11-14(9-18)17-15(19)20-16(2,3)4/h5-8,14,18H,9-11H2,1-4H3,(H,17,19). The van der Waals surface area contributed by atoms with E-state index in [0.29, 0.717) is 5.75 Å². The first kappa shape index (κ1) is 17.9.